The Kier molecular flexibility index (Phi) is 3.41. The molecule has 0 radical (unpaired) electrons. The van der Waals surface area contributed by atoms with Crippen molar-refractivity contribution in [3.8, 4) is 0 Å². The normalized spacial score (nSPS) is 16.8. The first-order valence-corrected chi connectivity index (χ1v) is 7.93. The number of pyridine rings is 1. The maximum atomic E-state index is 11.6. The van der Waals surface area contributed by atoms with Gasteiger partial charge in [-0.15, -0.1) is 0 Å². The number of nitrogens with zero attached hydrogens (tertiary/aromatic N) is 4. The van der Waals surface area contributed by atoms with Crippen molar-refractivity contribution >= 4 is 22.3 Å². The number of anilines is 1. The highest BCUT2D eigenvalue weighted by Gasteiger charge is 2.24. The van der Waals surface area contributed by atoms with Crippen LogP contribution in [0.1, 0.15) is 17.9 Å². The second-order valence-electron chi connectivity index (χ2n) is 6.12. The van der Waals surface area contributed by atoms with E-state index >= 15 is 0 Å². The van der Waals surface area contributed by atoms with Gasteiger partial charge in [-0.1, -0.05) is 0 Å². The molecule has 0 fully saturated rings. The minimum Gasteiger partial charge on any atom is -0.375 e. The molecule has 1 aliphatic rings. The number of nitro groups is 1. The van der Waals surface area contributed by atoms with Crippen molar-refractivity contribution in [2.45, 2.75) is 32.4 Å². The van der Waals surface area contributed by atoms with Gasteiger partial charge in [-0.25, -0.2) is 4.98 Å². The van der Waals surface area contributed by atoms with Crippen LogP contribution in [0.5, 0.6) is 0 Å². The lowest BCUT2D eigenvalue weighted by Gasteiger charge is -2.25. The standard InChI is InChI=1S/C17H17N5O2/c1-11-9-21-10-12(4-7-16(21)19-11)20-15-6-5-14-13(3-2-8-18-14)17(15)22(23)24/h2-3,5-6,8-9,12,20H,4,7,10H2,1H3. The van der Waals surface area contributed by atoms with E-state index in [-0.39, 0.29) is 16.7 Å². The summed E-state index contributed by atoms with van der Waals surface area (Å²) in [6, 6.07) is 7.17. The minimum absolute atomic E-state index is 0.0909. The fourth-order valence-electron chi connectivity index (χ4n) is 3.37. The lowest BCUT2D eigenvalue weighted by Crippen LogP contribution is -2.31. The van der Waals surface area contributed by atoms with Crippen LogP contribution >= 0.6 is 0 Å². The molecule has 3 aromatic rings. The van der Waals surface area contributed by atoms with Gasteiger partial charge in [-0.3, -0.25) is 15.1 Å². The number of nitrogens with one attached hydrogen (secondary N) is 1. The lowest BCUT2D eigenvalue weighted by atomic mass is 10.1. The smallest absolute Gasteiger partial charge is 0.301 e. The Balaban J connectivity index is 1.68. The van der Waals surface area contributed by atoms with E-state index in [1.807, 2.05) is 19.2 Å². The molecule has 0 saturated carbocycles. The molecule has 1 aromatic carbocycles. The lowest BCUT2D eigenvalue weighted by molar-refractivity contribution is -0.382. The van der Waals surface area contributed by atoms with Gasteiger partial charge in [0.1, 0.15) is 11.5 Å². The van der Waals surface area contributed by atoms with Gasteiger partial charge in [-0.2, -0.15) is 0 Å². The molecule has 1 aliphatic heterocycles. The van der Waals surface area contributed by atoms with Crippen molar-refractivity contribution in [1.82, 2.24) is 14.5 Å². The maximum Gasteiger partial charge on any atom is 0.301 e. The van der Waals surface area contributed by atoms with Gasteiger partial charge in [-0.05, 0) is 37.6 Å². The number of imidazole rings is 1. The van der Waals surface area contributed by atoms with Crippen molar-refractivity contribution < 1.29 is 4.92 Å². The molecule has 0 aliphatic carbocycles. The molecule has 7 heteroatoms. The number of rotatable bonds is 3. The van der Waals surface area contributed by atoms with Gasteiger partial charge in [0.25, 0.3) is 0 Å². The summed E-state index contributed by atoms with van der Waals surface area (Å²) in [7, 11) is 0. The summed E-state index contributed by atoms with van der Waals surface area (Å²) in [5.41, 5.74) is 2.28. The van der Waals surface area contributed by atoms with E-state index in [4.69, 9.17) is 0 Å². The quantitative estimate of drug-likeness (QED) is 0.591. The predicted octanol–water partition coefficient (Wildman–Crippen LogP) is 3.07. The first-order valence-electron chi connectivity index (χ1n) is 7.93. The fraction of sp³-hybridized carbons (Fsp3) is 0.294. The average molecular weight is 323 g/mol. The van der Waals surface area contributed by atoms with Crippen molar-refractivity contribution in [3.63, 3.8) is 0 Å². The molecule has 0 spiro atoms. The maximum absolute atomic E-state index is 11.6. The molecule has 1 N–H and O–H groups in total. The van der Waals surface area contributed by atoms with Crippen LogP contribution in [0, 0.1) is 17.0 Å². The van der Waals surface area contributed by atoms with Gasteiger partial charge >= 0.3 is 5.69 Å². The van der Waals surface area contributed by atoms with E-state index in [2.05, 4.69) is 19.9 Å². The van der Waals surface area contributed by atoms with Crippen molar-refractivity contribution in [2.24, 2.45) is 0 Å². The summed E-state index contributed by atoms with van der Waals surface area (Å²) >= 11 is 0. The van der Waals surface area contributed by atoms with Crippen LogP contribution < -0.4 is 5.32 Å². The number of fused-ring (bicyclic) bond motifs is 2. The molecule has 7 nitrogen and oxygen atoms in total. The molecule has 3 heterocycles. The first kappa shape index (κ1) is 14.6. The van der Waals surface area contributed by atoms with Gasteiger partial charge in [0.15, 0.2) is 0 Å². The van der Waals surface area contributed by atoms with Gasteiger partial charge in [0, 0.05) is 31.4 Å². The van der Waals surface area contributed by atoms with E-state index in [0.717, 1.165) is 30.9 Å². The van der Waals surface area contributed by atoms with E-state index in [9.17, 15) is 10.1 Å². The third kappa shape index (κ3) is 2.47. The highest BCUT2D eigenvalue weighted by atomic mass is 16.6. The zero-order valence-electron chi connectivity index (χ0n) is 13.3. The summed E-state index contributed by atoms with van der Waals surface area (Å²) in [6.07, 6.45) is 5.44. The van der Waals surface area contributed by atoms with Crippen LogP contribution in [-0.4, -0.2) is 25.5 Å². The molecule has 1 atom stereocenters. The van der Waals surface area contributed by atoms with Crippen molar-refractivity contribution in [1.29, 1.82) is 0 Å². The summed E-state index contributed by atoms with van der Waals surface area (Å²) in [5.74, 6) is 1.09. The minimum atomic E-state index is -0.331. The number of nitro benzene ring substituents is 1. The zero-order valence-corrected chi connectivity index (χ0v) is 13.3. The second-order valence-corrected chi connectivity index (χ2v) is 6.12. The summed E-state index contributed by atoms with van der Waals surface area (Å²) < 4.78 is 2.13. The van der Waals surface area contributed by atoms with Crippen LogP contribution in [0.3, 0.4) is 0 Å². The summed E-state index contributed by atoms with van der Waals surface area (Å²) in [4.78, 5) is 20.0. The predicted molar refractivity (Wildman–Crippen MR) is 91.1 cm³/mol. The molecule has 122 valence electrons. The zero-order chi connectivity index (χ0) is 16.7. The Labute approximate surface area is 138 Å². The molecule has 0 bridgehead atoms. The van der Waals surface area contributed by atoms with Gasteiger partial charge in [0.2, 0.25) is 0 Å². The van der Waals surface area contributed by atoms with Crippen LogP contribution in [-0.2, 0) is 13.0 Å². The molecule has 0 amide bonds. The molecule has 1 unspecified atom stereocenters. The van der Waals surface area contributed by atoms with Crippen LogP contribution in [0.4, 0.5) is 11.4 Å². The summed E-state index contributed by atoms with van der Waals surface area (Å²) in [6.45, 7) is 2.74. The molecule has 2 aromatic heterocycles. The average Bonchev–Trinajstić information content (AvgIpc) is 2.93. The molecular formula is C17H17N5O2. The number of aryl methyl sites for hydroxylation is 2. The van der Waals surface area contributed by atoms with E-state index < -0.39 is 0 Å². The van der Waals surface area contributed by atoms with Crippen LogP contribution in [0.2, 0.25) is 0 Å². The largest absolute Gasteiger partial charge is 0.375 e. The van der Waals surface area contributed by atoms with Gasteiger partial charge < -0.3 is 9.88 Å². The van der Waals surface area contributed by atoms with Crippen molar-refractivity contribution in [3.05, 3.63) is 58.3 Å². The Morgan fingerprint density at radius 3 is 3.08 bits per heavy atom. The fourth-order valence-corrected chi connectivity index (χ4v) is 3.37. The number of aromatic nitrogens is 3. The molecule has 4 rings (SSSR count). The van der Waals surface area contributed by atoms with E-state index in [1.165, 1.54) is 0 Å². The third-order valence-electron chi connectivity index (χ3n) is 4.41. The van der Waals surface area contributed by atoms with E-state index in [0.29, 0.717) is 16.6 Å². The number of hydrogen-bond donors (Lipinski definition) is 1. The number of benzene rings is 1. The Morgan fingerprint density at radius 2 is 2.25 bits per heavy atom. The molecule has 24 heavy (non-hydrogen) atoms. The van der Waals surface area contributed by atoms with Crippen molar-refractivity contribution in [2.75, 3.05) is 5.32 Å². The Morgan fingerprint density at radius 1 is 1.38 bits per heavy atom. The third-order valence-corrected chi connectivity index (χ3v) is 4.41. The Bertz CT molecular complexity index is 934. The monoisotopic (exact) mass is 323 g/mol. The highest BCUT2D eigenvalue weighted by molar-refractivity contribution is 5.94. The first-order chi connectivity index (χ1) is 11.6. The highest BCUT2D eigenvalue weighted by Crippen LogP contribution is 2.33. The second kappa shape index (κ2) is 5.59. The van der Waals surface area contributed by atoms with Gasteiger partial charge in [0.05, 0.1) is 21.5 Å². The van der Waals surface area contributed by atoms with Crippen LogP contribution in [0.15, 0.2) is 36.7 Å². The van der Waals surface area contributed by atoms with E-state index in [1.54, 1.807) is 24.4 Å². The SMILES string of the molecule is Cc1cn2c(n1)CCC(Nc1ccc3ncccc3c1[N+](=O)[O-])C2. The topological polar surface area (TPSA) is 85.9 Å². The number of hydrogen-bond acceptors (Lipinski definition) is 5. The van der Waals surface area contributed by atoms with Crippen LogP contribution in [0.25, 0.3) is 10.9 Å². The molecule has 0 saturated heterocycles. The Hall–Kier alpha value is -2.96. The summed E-state index contributed by atoms with van der Waals surface area (Å²) in [5, 5.41) is 15.5. The molecular weight excluding hydrogens is 306 g/mol.